The zero-order valence-electron chi connectivity index (χ0n) is 17.1. The average Bonchev–Trinajstić information content (AvgIpc) is 2.75. The van der Waals surface area contributed by atoms with Gasteiger partial charge >= 0.3 is 0 Å². The molecule has 1 aliphatic carbocycles. The fraction of sp³-hybridized carbons (Fsp3) is 0.333. The van der Waals surface area contributed by atoms with Crippen LogP contribution in [0.5, 0.6) is 0 Å². The number of hydrogen-bond donors (Lipinski definition) is 0. The summed E-state index contributed by atoms with van der Waals surface area (Å²) in [4.78, 5) is 0. The van der Waals surface area contributed by atoms with E-state index in [0.717, 1.165) is 42.4 Å². The van der Waals surface area contributed by atoms with Gasteiger partial charge in [-0.05, 0) is 78.0 Å². The second kappa shape index (κ2) is 8.90. The molecular weight excluding hydrogens is 362 g/mol. The second-order valence-electron chi connectivity index (χ2n) is 8.21. The van der Waals surface area contributed by atoms with E-state index in [9.17, 15) is 4.39 Å². The van der Waals surface area contributed by atoms with Crippen LogP contribution in [-0.2, 0) is 19.3 Å². The number of hydrogen-bond acceptors (Lipinski definition) is 0. The Kier molecular flexibility index (Phi) is 6.08. The van der Waals surface area contributed by atoms with Gasteiger partial charge in [-0.25, -0.2) is 8.78 Å². The number of halogens is 2. The largest absolute Gasteiger partial charge is 0.207 e. The van der Waals surface area contributed by atoms with E-state index in [1.54, 1.807) is 12.1 Å². The quantitative estimate of drug-likeness (QED) is 0.379. The molecule has 4 rings (SSSR count). The van der Waals surface area contributed by atoms with Gasteiger partial charge in [0.1, 0.15) is 11.6 Å². The molecule has 0 nitrogen and oxygen atoms in total. The van der Waals surface area contributed by atoms with Gasteiger partial charge in [0.15, 0.2) is 0 Å². The summed E-state index contributed by atoms with van der Waals surface area (Å²) in [5, 5.41) is 0. The molecule has 0 N–H and O–H groups in total. The van der Waals surface area contributed by atoms with Crippen LogP contribution in [0.2, 0.25) is 0 Å². The molecule has 0 radical (unpaired) electrons. The minimum atomic E-state index is -0.300. The summed E-state index contributed by atoms with van der Waals surface area (Å²) in [6, 6.07) is 19.0. The van der Waals surface area contributed by atoms with Gasteiger partial charge in [0.2, 0.25) is 0 Å². The van der Waals surface area contributed by atoms with E-state index < -0.39 is 0 Å². The molecule has 1 atom stereocenters. The van der Waals surface area contributed by atoms with E-state index in [-0.39, 0.29) is 11.6 Å². The van der Waals surface area contributed by atoms with Crippen molar-refractivity contribution in [2.75, 3.05) is 0 Å². The van der Waals surface area contributed by atoms with E-state index in [2.05, 4.69) is 37.3 Å². The van der Waals surface area contributed by atoms with Crippen molar-refractivity contribution in [3.63, 3.8) is 0 Å². The molecule has 0 fully saturated rings. The number of fused-ring (bicyclic) bond motifs is 1. The van der Waals surface area contributed by atoms with Crippen molar-refractivity contribution in [1.82, 2.24) is 0 Å². The van der Waals surface area contributed by atoms with E-state index in [1.165, 1.54) is 42.5 Å². The Labute approximate surface area is 172 Å². The van der Waals surface area contributed by atoms with Crippen LogP contribution in [0.1, 0.15) is 60.8 Å². The molecule has 0 bridgehead atoms. The summed E-state index contributed by atoms with van der Waals surface area (Å²) in [5.41, 5.74) is 6.01. The Morgan fingerprint density at radius 2 is 1.62 bits per heavy atom. The maximum absolute atomic E-state index is 15.2. The Hall–Kier alpha value is -2.48. The number of benzene rings is 3. The molecule has 2 heteroatoms. The second-order valence-corrected chi connectivity index (χ2v) is 8.21. The van der Waals surface area contributed by atoms with E-state index in [4.69, 9.17) is 0 Å². The SMILES string of the molecule is CCCCCc1ccc(C2CCc3c(ccc(-c4ccc(F)cc4)c3F)C2)cc1. The lowest BCUT2D eigenvalue weighted by atomic mass is 9.79. The first kappa shape index (κ1) is 19.8. The standard InChI is InChI=1S/C27H28F2/c1-2-3-4-5-19-6-8-20(9-7-19)22-12-16-26-23(18-22)13-17-25(27(26)29)21-10-14-24(28)15-11-21/h6-11,13-15,17,22H,2-5,12,16,18H2,1H3. The van der Waals surface area contributed by atoms with Gasteiger partial charge in [-0.2, -0.15) is 0 Å². The molecule has 0 saturated heterocycles. The number of unbranched alkanes of at least 4 members (excludes halogenated alkanes) is 2. The van der Waals surface area contributed by atoms with Crippen LogP contribution >= 0.6 is 0 Å². The predicted molar refractivity (Wildman–Crippen MR) is 116 cm³/mol. The molecule has 29 heavy (non-hydrogen) atoms. The van der Waals surface area contributed by atoms with Crippen molar-refractivity contribution < 1.29 is 8.78 Å². The Bertz CT molecular complexity index is 955. The molecule has 0 heterocycles. The molecule has 0 saturated carbocycles. The third kappa shape index (κ3) is 4.42. The van der Waals surface area contributed by atoms with Gasteiger partial charge in [0.25, 0.3) is 0 Å². The van der Waals surface area contributed by atoms with E-state index in [1.807, 2.05) is 6.07 Å². The van der Waals surface area contributed by atoms with Crippen LogP contribution in [0.3, 0.4) is 0 Å². The monoisotopic (exact) mass is 390 g/mol. The van der Waals surface area contributed by atoms with Crippen molar-refractivity contribution >= 4 is 0 Å². The first-order chi connectivity index (χ1) is 14.2. The first-order valence-electron chi connectivity index (χ1n) is 10.8. The van der Waals surface area contributed by atoms with E-state index in [0.29, 0.717) is 11.5 Å². The molecule has 3 aromatic rings. The summed E-state index contributed by atoms with van der Waals surface area (Å²) < 4.78 is 28.4. The molecular formula is C27H28F2. The van der Waals surface area contributed by atoms with Crippen LogP contribution in [0, 0.1) is 11.6 Å². The maximum Gasteiger partial charge on any atom is 0.134 e. The maximum atomic E-state index is 15.2. The van der Waals surface area contributed by atoms with E-state index >= 15 is 4.39 Å². The summed E-state index contributed by atoms with van der Waals surface area (Å²) in [5.74, 6) is 0.00781. The summed E-state index contributed by atoms with van der Waals surface area (Å²) in [6.07, 6.45) is 7.53. The van der Waals surface area contributed by atoms with Gasteiger partial charge in [-0.15, -0.1) is 0 Å². The average molecular weight is 391 g/mol. The molecule has 1 aliphatic rings. The predicted octanol–water partition coefficient (Wildman–Crippen LogP) is 7.64. The third-order valence-electron chi connectivity index (χ3n) is 6.22. The fourth-order valence-corrected chi connectivity index (χ4v) is 4.48. The summed E-state index contributed by atoms with van der Waals surface area (Å²) >= 11 is 0. The lowest BCUT2D eigenvalue weighted by Gasteiger charge is -2.26. The van der Waals surface area contributed by atoms with Gasteiger partial charge < -0.3 is 0 Å². The van der Waals surface area contributed by atoms with Crippen molar-refractivity contribution in [2.45, 2.75) is 57.8 Å². The minimum absolute atomic E-state index is 0.140. The lowest BCUT2D eigenvalue weighted by Crippen LogP contribution is -2.14. The highest BCUT2D eigenvalue weighted by molar-refractivity contribution is 5.66. The highest BCUT2D eigenvalue weighted by Crippen LogP contribution is 2.37. The smallest absolute Gasteiger partial charge is 0.134 e. The van der Waals surface area contributed by atoms with Crippen molar-refractivity contribution in [2.24, 2.45) is 0 Å². The van der Waals surface area contributed by atoms with Gasteiger partial charge in [-0.1, -0.05) is 68.3 Å². The van der Waals surface area contributed by atoms with Crippen molar-refractivity contribution in [3.05, 3.63) is 94.6 Å². The van der Waals surface area contributed by atoms with Crippen molar-refractivity contribution in [3.8, 4) is 11.1 Å². The third-order valence-corrected chi connectivity index (χ3v) is 6.22. The van der Waals surface area contributed by atoms with Gasteiger partial charge in [-0.3, -0.25) is 0 Å². The minimum Gasteiger partial charge on any atom is -0.207 e. The highest BCUT2D eigenvalue weighted by atomic mass is 19.1. The highest BCUT2D eigenvalue weighted by Gasteiger charge is 2.24. The van der Waals surface area contributed by atoms with Crippen LogP contribution in [0.4, 0.5) is 8.78 Å². The van der Waals surface area contributed by atoms with Crippen molar-refractivity contribution in [1.29, 1.82) is 0 Å². The zero-order chi connectivity index (χ0) is 20.2. The topological polar surface area (TPSA) is 0 Å². The first-order valence-corrected chi connectivity index (χ1v) is 10.8. The fourth-order valence-electron chi connectivity index (χ4n) is 4.48. The number of aryl methyl sites for hydroxylation is 1. The van der Waals surface area contributed by atoms with Gasteiger partial charge in [0, 0.05) is 5.56 Å². The Morgan fingerprint density at radius 1 is 0.862 bits per heavy atom. The van der Waals surface area contributed by atoms with Gasteiger partial charge in [0.05, 0.1) is 0 Å². The molecule has 0 aromatic heterocycles. The number of rotatable bonds is 6. The van der Waals surface area contributed by atoms with Crippen LogP contribution < -0.4 is 0 Å². The normalized spacial score (nSPS) is 15.9. The summed E-state index contributed by atoms with van der Waals surface area (Å²) in [7, 11) is 0. The molecule has 150 valence electrons. The van der Waals surface area contributed by atoms with Crippen LogP contribution in [0.25, 0.3) is 11.1 Å². The Morgan fingerprint density at radius 3 is 2.34 bits per heavy atom. The lowest BCUT2D eigenvalue weighted by molar-refractivity contribution is 0.543. The zero-order valence-corrected chi connectivity index (χ0v) is 17.1. The molecule has 0 aliphatic heterocycles. The molecule has 3 aromatic carbocycles. The molecule has 0 amide bonds. The molecule has 0 spiro atoms. The Balaban J connectivity index is 1.50. The van der Waals surface area contributed by atoms with Crippen LogP contribution in [-0.4, -0.2) is 0 Å². The molecule has 1 unspecified atom stereocenters. The van der Waals surface area contributed by atoms with Crippen LogP contribution in [0.15, 0.2) is 60.7 Å². The summed E-state index contributed by atoms with van der Waals surface area (Å²) in [6.45, 7) is 2.23.